The van der Waals surface area contributed by atoms with Crippen LogP contribution in [0.15, 0.2) is 35.5 Å². The molecule has 4 fully saturated rings. The zero-order chi connectivity index (χ0) is 22.2. The molecule has 0 bridgehead atoms. The number of hydrogen-bond donors (Lipinski definition) is 2. The highest BCUT2D eigenvalue weighted by molar-refractivity contribution is 5.38. The summed E-state index contributed by atoms with van der Waals surface area (Å²) in [5.41, 5.74) is 3.78. The highest BCUT2D eigenvalue weighted by Gasteiger charge is 2.50. The second-order valence-corrected chi connectivity index (χ2v) is 11.1. The molecule has 4 nitrogen and oxygen atoms in total. The molecule has 1 aliphatic heterocycles. The van der Waals surface area contributed by atoms with Crippen molar-refractivity contribution < 1.29 is 14.9 Å². The summed E-state index contributed by atoms with van der Waals surface area (Å²) in [7, 11) is 0. The van der Waals surface area contributed by atoms with Gasteiger partial charge in [-0.2, -0.15) is 0 Å². The van der Waals surface area contributed by atoms with Crippen LogP contribution in [-0.2, 0) is 4.74 Å². The monoisotopic (exact) mass is 429 g/mol. The van der Waals surface area contributed by atoms with Crippen LogP contribution in [0.2, 0.25) is 0 Å². The predicted molar refractivity (Wildman–Crippen MR) is 126 cm³/mol. The molecule has 1 heterocycles. The Morgan fingerprint density at radius 2 is 2.10 bits per heavy atom. The molecule has 7 atom stereocenters. The molecule has 1 saturated heterocycles. The van der Waals surface area contributed by atoms with Crippen molar-refractivity contribution in [1.82, 2.24) is 4.90 Å². The van der Waals surface area contributed by atoms with E-state index >= 15 is 0 Å². The number of ether oxygens (including phenoxy) is 1. The number of fused-ring (bicyclic) bond motifs is 1. The fraction of sp³-hybridized carbons (Fsp3) is 0.778. The summed E-state index contributed by atoms with van der Waals surface area (Å²) in [4.78, 5) is 2.64. The van der Waals surface area contributed by atoms with Gasteiger partial charge < -0.3 is 14.9 Å². The van der Waals surface area contributed by atoms with Gasteiger partial charge in [0.1, 0.15) is 0 Å². The number of hydrogen-bond acceptors (Lipinski definition) is 4. The highest BCUT2D eigenvalue weighted by atomic mass is 16.5. The first-order valence-electron chi connectivity index (χ1n) is 12.6. The second-order valence-electron chi connectivity index (χ2n) is 11.1. The fourth-order valence-electron chi connectivity index (χ4n) is 7.21. The van der Waals surface area contributed by atoms with Gasteiger partial charge in [0.15, 0.2) is 0 Å². The van der Waals surface area contributed by atoms with Gasteiger partial charge in [-0.3, -0.25) is 4.90 Å². The standard InChI is InChI=1S/C27H43NO3/c1-18(16-28-12-13-31-17-19(28)2)24-9-10-25-21(6-5-11-27(24,25)4)7-8-22-14-23(29)15-26(30)20(22)3/h7-8,18-19,23-26,29-30H,3,5-6,9-17H2,1-2,4H3/t18?,19?,23-,24-,25+,26+,27-/m1/s1. The summed E-state index contributed by atoms with van der Waals surface area (Å²) in [5, 5.41) is 20.2. The lowest BCUT2D eigenvalue weighted by atomic mass is 9.61. The Kier molecular flexibility index (Phi) is 7.12. The van der Waals surface area contributed by atoms with E-state index in [1.807, 2.05) is 0 Å². The van der Waals surface area contributed by atoms with Crippen molar-refractivity contribution in [3.63, 3.8) is 0 Å². The molecule has 0 radical (unpaired) electrons. The zero-order valence-corrected chi connectivity index (χ0v) is 19.9. The summed E-state index contributed by atoms with van der Waals surface area (Å²) < 4.78 is 5.64. The summed E-state index contributed by atoms with van der Waals surface area (Å²) in [6.07, 6.45) is 10.9. The van der Waals surface area contributed by atoms with Gasteiger partial charge in [0.05, 0.1) is 25.4 Å². The molecule has 3 aliphatic carbocycles. The third-order valence-corrected chi connectivity index (χ3v) is 9.02. The van der Waals surface area contributed by atoms with E-state index in [1.54, 1.807) is 5.57 Å². The average molecular weight is 430 g/mol. The van der Waals surface area contributed by atoms with Crippen LogP contribution in [0.5, 0.6) is 0 Å². The van der Waals surface area contributed by atoms with Crippen LogP contribution >= 0.6 is 0 Å². The SMILES string of the molecule is C=C1C(=CC=C2CCC[C@]3(C)[C@@H](C(C)CN4CCOCC4C)CC[C@@H]23)C[C@@H](O)C[C@@H]1O. The van der Waals surface area contributed by atoms with Crippen molar-refractivity contribution >= 4 is 0 Å². The summed E-state index contributed by atoms with van der Waals surface area (Å²) >= 11 is 0. The maximum Gasteiger partial charge on any atom is 0.0811 e. The molecular formula is C27H43NO3. The first kappa shape index (κ1) is 23.2. The van der Waals surface area contributed by atoms with E-state index in [1.165, 1.54) is 38.6 Å². The van der Waals surface area contributed by atoms with Crippen molar-refractivity contribution in [2.75, 3.05) is 26.3 Å². The lowest BCUT2D eigenvalue weighted by Crippen LogP contribution is -2.47. The van der Waals surface area contributed by atoms with Crippen LogP contribution in [0.3, 0.4) is 0 Å². The molecule has 0 aromatic rings. The zero-order valence-electron chi connectivity index (χ0n) is 19.9. The number of aliphatic hydroxyl groups excluding tert-OH is 2. The molecule has 4 heteroatoms. The Bertz CT molecular complexity index is 728. The minimum absolute atomic E-state index is 0.389. The Morgan fingerprint density at radius 1 is 1.29 bits per heavy atom. The van der Waals surface area contributed by atoms with Crippen molar-refractivity contribution in [1.29, 1.82) is 0 Å². The predicted octanol–water partition coefficient (Wildman–Crippen LogP) is 4.48. The van der Waals surface area contributed by atoms with Crippen LogP contribution in [0, 0.1) is 23.2 Å². The minimum atomic E-state index is -0.607. The van der Waals surface area contributed by atoms with Gasteiger partial charge in [0, 0.05) is 25.6 Å². The topological polar surface area (TPSA) is 52.9 Å². The fourth-order valence-corrected chi connectivity index (χ4v) is 7.21. The van der Waals surface area contributed by atoms with E-state index in [0.29, 0.717) is 36.1 Å². The van der Waals surface area contributed by atoms with Crippen molar-refractivity contribution in [2.45, 2.75) is 84.0 Å². The second kappa shape index (κ2) is 9.51. The average Bonchev–Trinajstić information content (AvgIpc) is 3.09. The Labute approximate surface area is 189 Å². The minimum Gasteiger partial charge on any atom is -0.393 e. The quantitative estimate of drug-likeness (QED) is 0.692. The van der Waals surface area contributed by atoms with Gasteiger partial charge >= 0.3 is 0 Å². The van der Waals surface area contributed by atoms with E-state index < -0.39 is 12.2 Å². The number of rotatable bonds is 4. The molecule has 0 aromatic heterocycles. The molecular weight excluding hydrogens is 386 g/mol. The molecule has 2 N–H and O–H groups in total. The van der Waals surface area contributed by atoms with Crippen LogP contribution in [0.1, 0.15) is 65.7 Å². The summed E-state index contributed by atoms with van der Waals surface area (Å²) in [6.45, 7) is 15.4. The smallest absolute Gasteiger partial charge is 0.0811 e. The van der Waals surface area contributed by atoms with Gasteiger partial charge in [0.2, 0.25) is 0 Å². The van der Waals surface area contributed by atoms with Crippen molar-refractivity contribution in [2.24, 2.45) is 23.2 Å². The Hall–Kier alpha value is -0.940. The number of morpholine rings is 1. The third-order valence-electron chi connectivity index (χ3n) is 9.02. The normalized spacial score (nSPS) is 43.4. The van der Waals surface area contributed by atoms with E-state index in [9.17, 15) is 10.2 Å². The molecule has 0 amide bonds. The molecule has 3 saturated carbocycles. The van der Waals surface area contributed by atoms with E-state index in [4.69, 9.17) is 4.74 Å². The number of nitrogens with zero attached hydrogens (tertiary/aromatic N) is 1. The van der Waals surface area contributed by atoms with E-state index in [2.05, 4.69) is 44.4 Å². The largest absolute Gasteiger partial charge is 0.393 e. The first-order valence-corrected chi connectivity index (χ1v) is 12.6. The number of aliphatic hydroxyl groups is 2. The van der Waals surface area contributed by atoms with Crippen molar-refractivity contribution in [3.05, 3.63) is 35.5 Å². The first-order chi connectivity index (χ1) is 14.8. The van der Waals surface area contributed by atoms with Gasteiger partial charge in [0.25, 0.3) is 0 Å². The van der Waals surface area contributed by atoms with Crippen LogP contribution in [0.25, 0.3) is 0 Å². The molecule has 31 heavy (non-hydrogen) atoms. The van der Waals surface area contributed by atoms with Crippen LogP contribution in [-0.4, -0.2) is 59.7 Å². The third kappa shape index (κ3) is 4.73. The maximum absolute atomic E-state index is 10.2. The van der Waals surface area contributed by atoms with E-state index in [0.717, 1.165) is 36.8 Å². The number of allylic oxidation sites excluding steroid dienone is 3. The Balaban J connectivity index is 1.48. The lowest BCUT2D eigenvalue weighted by Gasteiger charge is -2.46. The summed E-state index contributed by atoms with van der Waals surface area (Å²) in [6, 6.07) is 0.531. The summed E-state index contributed by atoms with van der Waals surface area (Å²) in [5.74, 6) is 2.15. The molecule has 174 valence electrons. The molecule has 0 aromatic carbocycles. The van der Waals surface area contributed by atoms with Gasteiger partial charge in [-0.25, -0.2) is 0 Å². The molecule has 0 spiro atoms. The van der Waals surface area contributed by atoms with Gasteiger partial charge in [-0.05, 0) is 79.8 Å². The highest BCUT2D eigenvalue weighted by Crippen LogP contribution is 2.59. The lowest BCUT2D eigenvalue weighted by molar-refractivity contribution is -0.0176. The Morgan fingerprint density at radius 3 is 2.87 bits per heavy atom. The molecule has 4 aliphatic rings. The van der Waals surface area contributed by atoms with Gasteiger partial charge in [-0.15, -0.1) is 0 Å². The maximum atomic E-state index is 10.2. The molecule has 4 rings (SSSR count). The van der Waals surface area contributed by atoms with Crippen LogP contribution < -0.4 is 0 Å². The molecule has 2 unspecified atom stereocenters. The van der Waals surface area contributed by atoms with Crippen molar-refractivity contribution in [3.8, 4) is 0 Å². The van der Waals surface area contributed by atoms with Crippen LogP contribution in [0.4, 0.5) is 0 Å². The van der Waals surface area contributed by atoms with Gasteiger partial charge in [-0.1, -0.05) is 38.2 Å². The van der Waals surface area contributed by atoms with E-state index in [-0.39, 0.29) is 0 Å².